The molecule has 0 spiro atoms. The number of nitrogens with zero attached hydrogens (tertiary/aromatic N) is 4. The van der Waals surface area contributed by atoms with Crippen LogP contribution in [0.15, 0.2) is 18.3 Å². The number of hydrogen-bond acceptors (Lipinski definition) is 5. The van der Waals surface area contributed by atoms with E-state index in [0.717, 1.165) is 25.2 Å². The maximum Gasteiger partial charge on any atom is 0.170 e. The summed E-state index contributed by atoms with van der Waals surface area (Å²) in [5.74, 6) is 0.879. The molecule has 6 heteroatoms. The van der Waals surface area contributed by atoms with E-state index >= 15 is 0 Å². The molecule has 6 nitrogen and oxygen atoms in total. The highest BCUT2D eigenvalue weighted by Crippen LogP contribution is 2.18. The number of rotatable bonds is 2. The Morgan fingerprint density at radius 3 is 2.74 bits per heavy atom. The Kier molecular flexibility index (Phi) is 2.94. The van der Waals surface area contributed by atoms with Crippen LogP contribution in [0.2, 0.25) is 0 Å². The molecule has 1 aliphatic rings. The van der Waals surface area contributed by atoms with Gasteiger partial charge in [-0.1, -0.05) is 0 Å². The number of carbonyl (C=O) groups is 1. The summed E-state index contributed by atoms with van der Waals surface area (Å²) in [6.07, 6.45) is 2.75. The number of carbonyl (C=O) groups excluding carboxylic acids is 1. The van der Waals surface area contributed by atoms with Crippen molar-refractivity contribution in [2.45, 2.75) is 26.1 Å². The van der Waals surface area contributed by atoms with Crippen LogP contribution in [-0.2, 0) is 4.74 Å². The van der Waals surface area contributed by atoms with Crippen molar-refractivity contribution in [1.82, 2.24) is 14.6 Å². The lowest BCUT2D eigenvalue weighted by Gasteiger charge is -2.35. The van der Waals surface area contributed by atoms with Gasteiger partial charge in [-0.15, -0.1) is 5.10 Å². The molecule has 2 atom stereocenters. The first-order valence-electron chi connectivity index (χ1n) is 6.38. The van der Waals surface area contributed by atoms with Gasteiger partial charge in [0.15, 0.2) is 11.9 Å². The van der Waals surface area contributed by atoms with Crippen LogP contribution < -0.4 is 4.90 Å². The summed E-state index contributed by atoms with van der Waals surface area (Å²) < 4.78 is 7.35. The first-order chi connectivity index (χ1) is 9.15. The molecule has 0 unspecified atom stereocenters. The van der Waals surface area contributed by atoms with E-state index in [4.69, 9.17) is 4.74 Å². The molecular formula is C13H16N4O2. The molecule has 100 valence electrons. The van der Waals surface area contributed by atoms with E-state index in [1.807, 2.05) is 12.1 Å². The molecule has 0 amide bonds. The Hall–Kier alpha value is -1.95. The monoisotopic (exact) mass is 260 g/mol. The fraction of sp³-hybridized carbons (Fsp3) is 0.462. The van der Waals surface area contributed by atoms with Crippen molar-refractivity contribution in [3.63, 3.8) is 0 Å². The van der Waals surface area contributed by atoms with Gasteiger partial charge in [-0.25, -0.2) is 9.50 Å². The second kappa shape index (κ2) is 4.62. The minimum Gasteiger partial charge on any atom is -0.372 e. The van der Waals surface area contributed by atoms with E-state index in [1.165, 1.54) is 0 Å². The molecule has 0 saturated carbocycles. The highest BCUT2D eigenvalue weighted by molar-refractivity contribution is 5.73. The number of anilines is 1. The zero-order valence-corrected chi connectivity index (χ0v) is 11.0. The maximum atomic E-state index is 10.7. The lowest BCUT2D eigenvalue weighted by Crippen LogP contribution is -2.46. The molecule has 0 N–H and O–H groups in total. The van der Waals surface area contributed by atoms with Crippen LogP contribution in [0.4, 0.5) is 5.82 Å². The zero-order chi connectivity index (χ0) is 13.4. The smallest absolute Gasteiger partial charge is 0.170 e. The molecule has 0 bridgehead atoms. The van der Waals surface area contributed by atoms with Crippen molar-refractivity contribution in [2.75, 3.05) is 18.0 Å². The number of aldehydes is 1. The molecule has 19 heavy (non-hydrogen) atoms. The van der Waals surface area contributed by atoms with Crippen LogP contribution in [0.5, 0.6) is 0 Å². The van der Waals surface area contributed by atoms with Gasteiger partial charge in [-0.2, -0.15) is 0 Å². The SMILES string of the molecule is C[C@@H]1CN(c2ccc3nc(C=O)cn3n2)C[C@H](C)O1. The van der Waals surface area contributed by atoms with E-state index in [2.05, 4.69) is 28.8 Å². The fourth-order valence-electron chi connectivity index (χ4n) is 2.48. The van der Waals surface area contributed by atoms with Gasteiger partial charge in [0.25, 0.3) is 0 Å². The Balaban J connectivity index is 1.93. The topological polar surface area (TPSA) is 59.7 Å². The molecule has 0 aliphatic carbocycles. The lowest BCUT2D eigenvalue weighted by molar-refractivity contribution is -0.00551. The van der Waals surface area contributed by atoms with Crippen molar-refractivity contribution < 1.29 is 9.53 Å². The van der Waals surface area contributed by atoms with Crippen LogP contribution in [0, 0.1) is 0 Å². The summed E-state index contributed by atoms with van der Waals surface area (Å²) in [6.45, 7) is 5.75. The average molecular weight is 260 g/mol. The largest absolute Gasteiger partial charge is 0.372 e. The van der Waals surface area contributed by atoms with Gasteiger partial charge in [0.1, 0.15) is 11.5 Å². The maximum absolute atomic E-state index is 10.7. The fourth-order valence-corrected chi connectivity index (χ4v) is 2.48. The van der Waals surface area contributed by atoms with E-state index in [9.17, 15) is 4.79 Å². The summed E-state index contributed by atoms with van der Waals surface area (Å²) in [4.78, 5) is 17.0. The van der Waals surface area contributed by atoms with Crippen molar-refractivity contribution in [3.8, 4) is 0 Å². The summed E-state index contributed by atoms with van der Waals surface area (Å²) in [5, 5.41) is 4.50. The zero-order valence-electron chi connectivity index (χ0n) is 11.0. The van der Waals surface area contributed by atoms with Crippen LogP contribution in [0.25, 0.3) is 5.65 Å². The molecule has 1 saturated heterocycles. The Morgan fingerprint density at radius 2 is 2.05 bits per heavy atom. The molecule has 0 aromatic carbocycles. The number of morpholine rings is 1. The third kappa shape index (κ3) is 2.31. The van der Waals surface area contributed by atoms with Crippen LogP contribution in [-0.4, -0.2) is 46.2 Å². The Labute approximate surface area is 111 Å². The molecule has 2 aromatic rings. The highest BCUT2D eigenvalue weighted by Gasteiger charge is 2.23. The van der Waals surface area contributed by atoms with E-state index in [0.29, 0.717) is 11.3 Å². The molecule has 0 radical (unpaired) electrons. The van der Waals surface area contributed by atoms with Crippen LogP contribution >= 0.6 is 0 Å². The van der Waals surface area contributed by atoms with Gasteiger partial charge >= 0.3 is 0 Å². The molecule has 1 aliphatic heterocycles. The van der Waals surface area contributed by atoms with Gasteiger partial charge in [-0.05, 0) is 26.0 Å². The van der Waals surface area contributed by atoms with E-state index < -0.39 is 0 Å². The summed E-state index contributed by atoms with van der Waals surface area (Å²) in [6, 6.07) is 3.81. The molecular weight excluding hydrogens is 244 g/mol. The third-order valence-corrected chi connectivity index (χ3v) is 3.19. The number of ether oxygens (including phenoxy) is 1. The Bertz CT molecular complexity index is 600. The van der Waals surface area contributed by atoms with Crippen LogP contribution in [0.3, 0.4) is 0 Å². The molecule has 3 heterocycles. The standard InChI is InChI=1S/C13H16N4O2/c1-9-5-16(6-10(2)19-9)13-4-3-12-14-11(8-18)7-17(12)15-13/h3-4,7-10H,5-6H2,1-2H3/t9-,10+. The van der Waals surface area contributed by atoms with Crippen molar-refractivity contribution in [1.29, 1.82) is 0 Å². The quantitative estimate of drug-likeness (QED) is 0.758. The first kappa shape index (κ1) is 12.1. The predicted molar refractivity (Wildman–Crippen MR) is 70.6 cm³/mol. The number of fused-ring (bicyclic) bond motifs is 1. The average Bonchev–Trinajstić information content (AvgIpc) is 2.79. The number of imidazole rings is 1. The van der Waals surface area contributed by atoms with Gasteiger partial charge in [0, 0.05) is 13.1 Å². The van der Waals surface area contributed by atoms with Gasteiger partial charge in [0.2, 0.25) is 0 Å². The summed E-state index contributed by atoms with van der Waals surface area (Å²) in [7, 11) is 0. The predicted octanol–water partition coefficient (Wildman–Crippen LogP) is 1.16. The molecule has 1 fully saturated rings. The second-order valence-electron chi connectivity index (χ2n) is 4.94. The van der Waals surface area contributed by atoms with Crippen molar-refractivity contribution in [3.05, 3.63) is 24.0 Å². The first-order valence-corrected chi connectivity index (χ1v) is 6.38. The van der Waals surface area contributed by atoms with Gasteiger partial charge in [-0.3, -0.25) is 4.79 Å². The summed E-state index contributed by atoms with van der Waals surface area (Å²) >= 11 is 0. The van der Waals surface area contributed by atoms with Crippen molar-refractivity contribution >= 4 is 17.8 Å². The van der Waals surface area contributed by atoms with Crippen molar-refractivity contribution in [2.24, 2.45) is 0 Å². The van der Waals surface area contributed by atoms with E-state index in [1.54, 1.807) is 10.7 Å². The molecule has 2 aromatic heterocycles. The normalized spacial score (nSPS) is 23.8. The minimum atomic E-state index is 0.189. The van der Waals surface area contributed by atoms with Crippen LogP contribution in [0.1, 0.15) is 24.3 Å². The highest BCUT2D eigenvalue weighted by atomic mass is 16.5. The van der Waals surface area contributed by atoms with Gasteiger partial charge < -0.3 is 9.64 Å². The van der Waals surface area contributed by atoms with E-state index in [-0.39, 0.29) is 12.2 Å². The lowest BCUT2D eigenvalue weighted by atomic mass is 10.2. The summed E-state index contributed by atoms with van der Waals surface area (Å²) in [5.41, 5.74) is 1.08. The number of aromatic nitrogens is 3. The number of hydrogen-bond donors (Lipinski definition) is 0. The third-order valence-electron chi connectivity index (χ3n) is 3.19. The Morgan fingerprint density at radius 1 is 1.32 bits per heavy atom. The van der Waals surface area contributed by atoms with Gasteiger partial charge in [0.05, 0.1) is 18.4 Å². The molecule has 3 rings (SSSR count). The second-order valence-corrected chi connectivity index (χ2v) is 4.94. The minimum absolute atomic E-state index is 0.189.